The molecular formula is C21H24N4O5S2. The minimum absolute atomic E-state index is 0.0429. The van der Waals surface area contributed by atoms with E-state index >= 15 is 0 Å². The van der Waals surface area contributed by atoms with Crippen LogP contribution < -0.4 is 10.9 Å². The van der Waals surface area contributed by atoms with Crippen molar-refractivity contribution in [2.24, 2.45) is 0 Å². The number of anilines is 1. The SMILES string of the molecule is CCOCCCn1c(SCC(=O)Nc2ccccc2[N+](=O)[O-])nc2sc(C)c(C)c2c1=O. The molecule has 32 heavy (non-hydrogen) atoms. The van der Waals surface area contributed by atoms with E-state index in [1.807, 2.05) is 20.8 Å². The second-order valence-corrected chi connectivity index (χ2v) is 9.12. The van der Waals surface area contributed by atoms with E-state index in [4.69, 9.17) is 4.74 Å². The third kappa shape index (κ3) is 5.34. The van der Waals surface area contributed by atoms with E-state index in [1.165, 1.54) is 29.5 Å². The summed E-state index contributed by atoms with van der Waals surface area (Å²) in [4.78, 5) is 42.6. The van der Waals surface area contributed by atoms with Crippen LogP contribution >= 0.6 is 23.1 Å². The van der Waals surface area contributed by atoms with Crippen LogP contribution in [0, 0.1) is 24.0 Å². The Morgan fingerprint density at radius 2 is 2.09 bits per heavy atom. The van der Waals surface area contributed by atoms with Crippen LogP contribution in [-0.4, -0.2) is 39.3 Å². The first-order chi connectivity index (χ1) is 15.3. The number of hydrogen-bond donors (Lipinski definition) is 1. The number of hydrogen-bond acceptors (Lipinski definition) is 8. The predicted octanol–water partition coefficient (Wildman–Crippen LogP) is 4.14. The predicted molar refractivity (Wildman–Crippen MR) is 127 cm³/mol. The summed E-state index contributed by atoms with van der Waals surface area (Å²) >= 11 is 2.58. The van der Waals surface area contributed by atoms with Crippen molar-refractivity contribution in [1.82, 2.24) is 9.55 Å². The highest BCUT2D eigenvalue weighted by Crippen LogP contribution is 2.29. The number of carbonyl (C=O) groups excluding carboxylic acids is 1. The van der Waals surface area contributed by atoms with Gasteiger partial charge in [0.15, 0.2) is 5.16 Å². The van der Waals surface area contributed by atoms with Crippen LogP contribution in [0.5, 0.6) is 0 Å². The smallest absolute Gasteiger partial charge is 0.292 e. The number of aromatic nitrogens is 2. The molecule has 3 aromatic rings. The Morgan fingerprint density at radius 1 is 1.34 bits per heavy atom. The molecule has 1 amide bonds. The minimum atomic E-state index is -0.546. The Bertz CT molecular complexity index is 1200. The van der Waals surface area contributed by atoms with Gasteiger partial charge in [-0.1, -0.05) is 23.9 Å². The van der Waals surface area contributed by atoms with Crippen molar-refractivity contribution in [3.8, 4) is 0 Å². The summed E-state index contributed by atoms with van der Waals surface area (Å²) < 4.78 is 6.97. The van der Waals surface area contributed by atoms with Gasteiger partial charge in [0.1, 0.15) is 10.5 Å². The highest BCUT2D eigenvalue weighted by molar-refractivity contribution is 7.99. The first-order valence-corrected chi connectivity index (χ1v) is 11.9. The van der Waals surface area contributed by atoms with E-state index < -0.39 is 10.8 Å². The quantitative estimate of drug-likeness (QED) is 0.154. The van der Waals surface area contributed by atoms with Crippen LogP contribution in [0.25, 0.3) is 10.2 Å². The maximum atomic E-state index is 13.2. The fourth-order valence-electron chi connectivity index (χ4n) is 3.14. The van der Waals surface area contributed by atoms with Crippen LogP contribution in [0.2, 0.25) is 0 Å². The number of thioether (sulfide) groups is 1. The molecule has 0 bridgehead atoms. The van der Waals surface area contributed by atoms with Crippen LogP contribution in [0.3, 0.4) is 0 Å². The summed E-state index contributed by atoms with van der Waals surface area (Å²) in [5, 5.41) is 14.8. The molecule has 3 rings (SSSR count). The number of nitro groups is 1. The zero-order chi connectivity index (χ0) is 23.3. The van der Waals surface area contributed by atoms with Crippen molar-refractivity contribution in [3.05, 3.63) is 55.2 Å². The maximum absolute atomic E-state index is 13.2. The van der Waals surface area contributed by atoms with Crippen molar-refractivity contribution in [2.75, 3.05) is 24.3 Å². The second kappa shape index (κ2) is 10.7. The van der Waals surface area contributed by atoms with E-state index in [2.05, 4.69) is 10.3 Å². The molecule has 170 valence electrons. The topological polar surface area (TPSA) is 116 Å². The Labute approximate surface area is 193 Å². The molecule has 0 fully saturated rings. The zero-order valence-electron chi connectivity index (χ0n) is 18.0. The van der Waals surface area contributed by atoms with Gasteiger partial charge in [-0.05, 0) is 38.8 Å². The van der Waals surface area contributed by atoms with Crippen molar-refractivity contribution in [2.45, 2.75) is 38.9 Å². The number of rotatable bonds is 10. The number of aryl methyl sites for hydroxylation is 2. The third-order valence-electron chi connectivity index (χ3n) is 4.84. The molecule has 2 aromatic heterocycles. The standard InChI is InChI=1S/C21H24N4O5S2/c1-4-30-11-7-10-24-20(27)18-13(2)14(3)32-19(18)23-21(24)31-12-17(26)22-15-8-5-6-9-16(15)25(28)29/h5-6,8-9H,4,7,10-12H2,1-3H3,(H,22,26). The number of para-hydroxylation sites is 2. The number of fused-ring (bicyclic) bond motifs is 1. The van der Waals surface area contributed by atoms with E-state index in [-0.39, 0.29) is 22.7 Å². The van der Waals surface area contributed by atoms with E-state index in [1.54, 1.807) is 10.6 Å². The lowest BCUT2D eigenvalue weighted by atomic mass is 10.2. The number of nitro benzene ring substituents is 1. The van der Waals surface area contributed by atoms with Crippen LogP contribution in [-0.2, 0) is 16.1 Å². The number of benzene rings is 1. The summed E-state index contributed by atoms with van der Waals surface area (Å²) in [6, 6.07) is 5.96. The molecule has 11 heteroatoms. The molecule has 0 saturated heterocycles. The van der Waals surface area contributed by atoms with Gasteiger partial charge in [0, 0.05) is 30.7 Å². The van der Waals surface area contributed by atoms with Crippen molar-refractivity contribution < 1.29 is 14.5 Å². The maximum Gasteiger partial charge on any atom is 0.292 e. The van der Waals surface area contributed by atoms with Gasteiger partial charge in [-0.15, -0.1) is 11.3 Å². The van der Waals surface area contributed by atoms with Gasteiger partial charge >= 0.3 is 0 Å². The first kappa shape index (κ1) is 23.9. The molecule has 9 nitrogen and oxygen atoms in total. The number of nitrogens with zero attached hydrogens (tertiary/aromatic N) is 3. The number of thiophene rings is 1. The fraction of sp³-hybridized carbons (Fsp3) is 0.381. The van der Waals surface area contributed by atoms with Gasteiger partial charge in [-0.25, -0.2) is 4.98 Å². The van der Waals surface area contributed by atoms with Crippen LogP contribution in [0.1, 0.15) is 23.8 Å². The number of carbonyl (C=O) groups is 1. The molecule has 0 aliphatic rings. The van der Waals surface area contributed by atoms with Gasteiger partial charge in [-0.2, -0.15) is 0 Å². The Morgan fingerprint density at radius 3 is 2.81 bits per heavy atom. The van der Waals surface area contributed by atoms with Gasteiger partial charge in [0.2, 0.25) is 5.91 Å². The monoisotopic (exact) mass is 476 g/mol. The van der Waals surface area contributed by atoms with Gasteiger partial charge in [-0.3, -0.25) is 24.3 Å². The van der Waals surface area contributed by atoms with E-state index in [0.29, 0.717) is 41.6 Å². The molecule has 1 N–H and O–H groups in total. The summed E-state index contributed by atoms with van der Waals surface area (Å²) in [6.07, 6.45) is 0.638. The van der Waals surface area contributed by atoms with Gasteiger partial charge in [0.05, 0.1) is 16.1 Å². The average molecular weight is 477 g/mol. The summed E-state index contributed by atoms with van der Waals surface area (Å²) in [5.74, 6) is -0.461. The highest BCUT2D eigenvalue weighted by atomic mass is 32.2. The fourth-order valence-corrected chi connectivity index (χ4v) is 5.04. The minimum Gasteiger partial charge on any atom is -0.382 e. The Balaban J connectivity index is 1.83. The van der Waals surface area contributed by atoms with Crippen LogP contribution in [0.4, 0.5) is 11.4 Å². The number of amides is 1. The molecule has 0 saturated carbocycles. The van der Waals surface area contributed by atoms with E-state index in [9.17, 15) is 19.7 Å². The normalized spacial score (nSPS) is 11.1. The molecular weight excluding hydrogens is 452 g/mol. The van der Waals surface area contributed by atoms with Crippen molar-refractivity contribution in [3.63, 3.8) is 0 Å². The largest absolute Gasteiger partial charge is 0.382 e. The molecule has 0 spiro atoms. The molecule has 0 radical (unpaired) electrons. The lowest BCUT2D eigenvalue weighted by molar-refractivity contribution is -0.383. The molecule has 0 aliphatic carbocycles. The number of nitrogens with one attached hydrogen (secondary N) is 1. The lowest BCUT2D eigenvalue weighted by Crippen LogP contribution is -2.25. The van der Waals surface area contributed by atoms with Crippen molar-refractivity contribution >= 4 is 50.6 Å². The summed E-state index contributed by atoms with van der Waals surface area (Å²) in [7, 11) is 0. The average Bonchev–Trinajstić information content (AvgIpc) is 3.05. The third-order valence-corrected chi connectivity index (χ3v) is 6.91. The highest BCUT2D eigenvalue weighted by Gasteiger charge is 2.19. The van der Waals surface area contributed by atoms with Gasteiger partial charge in [0.25, 0.3) is 11.2 Å². The Kier molecular flexibility index (Phi) is 7.99. The van der Waals surface area contributed by atoms with Crippen LogP contribution in [0.15, 0.2) is 34.2 Å². The Hall–Kier alpha value is -2.76. The molecule has 0 aliphatic heterocycles. The zero-order valence-corrected chi connectivity index (χ0v) is 19.7. The molecule has 2 heterocycles. The number of ether oxygens (including phenoxy) is 1. The second-order valence-electron chi connectivity index (χ2n) is 6.98. The van der Waals surface area contributed by atoms with Gasteiger partial charge < -0.3 is 10.1 Å². The van der Waals surface area contributed by atoms with E-state index in [0.717, 1.165) is 22.2 Å². The molecule has 1 aromatic carbocycles. The lowest BCUT2D eigenvalue weighted by Gasteiger charge is -2.12. The summed E-state index contributed by atoms with van der Waals surface area (Å²) in [6.45, 7) is 7.31. The summed E-state index contributed by atoms with van der Waals surface area (Å²) in [5.41, 5.74) is 0.745. The molecule has 0 atom stereocenters. The molecule has 0 unspecified atom stereocenters. The first-order valence-electron chi connectivity index (χ1n) is 10.1. The van der Waals surface area contributed by atoms with Crippen molar-refractivity contribution in [1.29, 1.82) is 0 Å².